The number of rotatable bonds is 4. The average Bonchev–Trinajstić information content (AvgIpc) is 2.38. The fourth-order valence-corrected chi connectivity index (χ4v) is 2.01. The second-order valence-corrected chi connectivity index (χ2v) is 4.73. The molecule has 1 aromatic rings. The summed E-state index contributed by atoms with van der Waals surface area (Å²) in [5.41, 5.74) is 0. The first kappa shape index (κ1) is 12.1. The van der Waals surface area contributed by atoms with Crippen molar-refractivity contribution < 1.29 is 0 Å². The highest BCUT2D eigenvalue weighted by atomic mass is 15.2. The molecular formula is C12H21N5. The van der Waals surface area contributed by atoms with E-state index >= 15 is 0 Å². The number of piperidine rings is 1. The monoisotopic (exact) mass is 235 g/mol. The highest BCUT2D eigenvalue weighted by Crippen LogP contribution is 2.12. The summed E-state index contributed by atoms with van der Waals surface area (Å²) in [6, 6.07) is 1.92. The van der Waals surface area contributed by atoms with Crippen LogP contribution in [-0.4, -0.2) is 43.7 Å². The lowest BCUT2D eigenvalue weighted by atomic mass is 10.00. The Morgan fingerprint density at radius 2 is 2.41 bits per heavy atom. The van der Waals surface area contributed by atoms with Crippen molar-refractivity contribution in [1.29, 1.82) is 0 Å². The van der Waals surface area contributed by atoms with Gasteiger partial charge in [-0.1, -0.05) is 0 Å². The van der Waals surface area contributed by atoms with Gasteiger partial charge in [-0.2, -0.15) is 4.98 Å². The van der Waals surface area contributed by atoms with E-state index in [1.165, 1.54) is 12.8 Å². The van der Waals surface area contributed by atoms with Crippen molar-refractivity contribution in [2.24, 2.45) is 5.92 Å². The van der Waals surface area contributed by atoms with E-state index in [1.807, 2.05) is 25.1 Å². The quantitative estimate of drug-likeness (QED) is 0.814. The molecule has 5 heteroatoms. The van der Waals surface area contributed by atoms with Crippen molar-refractivity contribution in [2.45, 2.75) is 12.8 Å². The Labute approximate surface area is 103 Å². The van der Waals surface area contributed by atoms with Crippen LogP contribution >= 0.6 is 0 Å². The minimum absolute atomic E-state index is 0.710. The Hall–Kier alpha value is -1.36. The number of aromatic nitrogens is 2. The van der Waals surface area contributed by atoms with Crippen LogP contribution < -0.4 is 15.5 Å². The Morgan fingerprint density at radius 3 is 3.12 bits per heavy atom. The van der Waals surface area contributed by atoms with E-state index in [0.717, 1.165) is 31.4 Å². The normalized spacial score (nSPS) is 20.0. The van der Waals surface area contributed by atoms with Gasteiger partial charge in [-0.15, -0.1) is 0 Å². The zero-order valence-corrected chi connectivity index (χ0v) is 10.6. The molecule has 0 amide bonds. The molecule has 5 nitrogen and oxygen atoms in total. The topological polar surface area (TPSA) is 53.1 Å². The first-order valence-corrected chi connectivity index (χ1v) is 6.20. The summed E-state index contributed by atoms with van der Waals surface area (Å²) >= 11 is 0. The third-order valence-corrected chi connectivity index (χ3v) is 3.01. The molecule has 1 aliphatic heterocycles. The van der Waals surface area contributed by atoms with Crippen molar-refractivity contribution in [1.82, 2.24) is 15.3 Å². The molecule has 94 valence electrons. The Balaban J connectivity index is 1.87. The molecule has 1 fully saturated rings. The van der Waals surface area contributed by atoms with Gasteiger partial charge in [0, 0.05) is 26.8 Å². The Morgan fingerprint density at radius 1 is 1.53 bits per heavy atom. The molecule has 1 unspecified atom stereocenters. The molecule has 2 N–H and O–H groups in total. The predicted octanol–water partition coefficient (Wildman–Crippen LogP) is 0.954. The van der Waals surface area contributed by atoms with E-state index < -0.39 is 0 Å². The number of hydrogen-bond acceptors (Lipinski definition) is 5. The van der Waals surface area contributed by atoms with Crippen LogP contribution in [0.1, 0.15) is 12.8 Å². The summed E-state index contributed by atoms with van der Waals surface area (Å²) in [5.74, 6) is 2.37. The van der Waals surface area contributed by atoms with Crippen molar-refractivity contribution in [3.05, 3.63) is 12.3 Å². The van der Waals surface area contributed by atoms with Gasteiger partial charge in [-0.05, 0) is 37.9 Å². The van der Waals surface area contributed by atoms with Crippen LogP contribution in [0.15, 0.2) is 12.3 Å². The third kappa shape index (κ3) is 3.56. The summed E-state index contributed by atoms with van der Waals surface area (Å²) in [6.45, 7) is 3.25. The molecular weight excluding hydrogens is 214 g/mol. The first-order valence-electron chi connectivity index (χ1n) is 6.20. The van der Waals surface area contributed by atoms with Gasteiger partial charge >= 0.3 is 0 Å². The largest absolute Gasteiger partial charge is 0.370 e. The highest BCUT2D eigenvalue weighted by molar-refractivity contribution is 5.40. The molecule has 1 aromatic heterocycles. The zero-order chi connectivity index (χ0) is 12.1. The predicted molar refractivity (Wildman–Crippen MR) is 70.4 cm³/mol. The second-order valence-electron chi connectivity index (χ2n) is 4.73. The van der Waals surface area contributed by atoms with E-state index in [1.54, 1.807) is 6.20 Å². The molecule has 2 rings (SSSR count). The van der Waals surface area contributed by atoms with Crippen molar-refractivity contribution in [3.8, 4) is 0 Å². The van der Waals surface area contributed by atoms with E-state index in [0.29, 0.717) is 5.92 Å². The van der Waals surface area contributed by atoms with Crippen molar-refractivity contribution in [2.75, 3.05) is 43.9 Å². The van der Waals surface area contributed by atoms with E-state index in [4.69, 9.17) is 0 Å². The molecule has 2 heterocycles. The lowest BCUT2D eigenvalue weighted by Crippen LogP contribution is -2.33. The molecule has 0 saturated carbocycles. The summed E-state index contributed by atoms with van der Waals surface area (Å²) in [4.78, 5) is 10.5. The summed E-state index contributed by atoms with van der Waals surface area (Å²) in [6.07, 6.45) is 4.37. The molecule has 0 radical (unpaired) electrons. The highest BCUT2D eigenvalue weighted by Gasteiger charge is 2.12. The number of nitrogens with zero attached hydrogens (tertiary/aromatic N) is 3. The van der Waals surface area contributed by atoms with Crippen LogP contribution in [0.2, 0.25) is 0 Å². The standard InChI is InChI=1S/C12H21N5/c1-17(2)12-14-7-5-11(16-12)15-9-10-4-3-6-13-8-10/h5,7,10,13H,3-4,6,8-9H2,1-2H3,(H,14,15,16). The lowest BCUT2D eigenvalue weighted by Gasteiger charge is -2.23. The second kappa shape index (κ2) is 5.82. The van der Waals surface area contributed by atoms with Gasteiger partial charge in [0.05, 0.1) is 0 Å². The number of nitrogens with one attached hydrogen (secondary N) is 2. The molecule has 0 aromatic carbocycles. The van der Waals surface area contributed by atoms with Crippen molar-refractivity contribution >= 4 is 11.8 Å². The van der Waals surface area contributed by atoms with E-state index in [2.05, 4.69) is 20.6 Å². The lowest BCUT2D eigenvalue weighted by molar-refractivity contribution is 0.392. The number of hydrogen-bond donors (Lipinski definition) is 2. The van der Waals surface area contributed by atoms with Gasteiger partial charge in [-0.25, -0.2) is 4.98 Å². The fourth-order valence-electron chi connectivity index (χ4n) is 2.01. The fraction of sp³-hybridized carbons (Fsp3) is 0.667. The van der Waals surface area contributed by atoms with Gasteiger partial charge in [0.25, 0.3) is 0 Å². The molecule has 0 aliphatic carbocycles. The zero-order valence-electron chi connectivity index (χ0n) is 10.6. The summed E-state index contributed by atoms with van der Waals surface area (Å²) < 4.78 is 0. The van der Waals surface area contributed by atoms with Gasteiger partial charge in [0.2, 0.25) is 5.95 Å². The number of anilines is 2. The maximum Gasteiger partial charge on any atom is 0.226 e. The molecule has 0 spiro atoms. The van der Waals surface area contributed by atoms with Gasteiger partial charge in [-0.3, -0.25) is 0 Å². The van der Waals surface area contributed by atoms with Crippen LogP contribution in [-0.2, 0) is 0 Å². The summed E-state index contributed by atoms with van der Waals surface area (Å²) in [5, 5.41) is 6.81. The third-order valence-electron chi connectivity index (χ3n) is 3.01. The van der Waals surface area contributed by atoms with Gasteiger partial charge < -0.3 is 15.5 Å². The maximum absolute atomic E-state index is 4.44. The maximum atomic E-state index is 4.44. The molecule has 1 aliphatic rings. The average molecular weight is 235 g/mol. The molecule has 17 heavy (non-hydrogen) atoms. The van der Waals surface area contributed by atoms with Gasteiger partial charge in [0.1, 0.15) is 5.82 Å². The Kier molecular flexibility index (Phi) is 4.14. The minimum Gasteiger partial charge on any atom is -0.370 e. The first-order chi connectivity index (χ1) is 8.25. The minimum atomic E-state index is 0.710. The Bertz CT molecular complexity index is 347. The van der Waals surface area contributed by atoms with Crippen LogP contribution in [0.25, 0.3) is 0 Å². The van der Waals surface area contributed by atoms with Crippen molar-refractivity contribution in [3.63, 3.8) is 0 Å². The van der Waals surface area contributed by atoms with Crippen LogP contribution in [0.3, 0.4) is 0 Å². The smallest absolute Gasteiger partial charge is 0.226 e. The van der Waals surface area contributed by atoms with E-state index in [-0.39, 0.29) is 0 Å². The summed E-state index contributed by atoms with van der Waals surface area (Å²) in [7, 11) is 3.90. The molecule has 0 bridgehead atoms. The van der Waals surface area contributed by atoms with E-state index in [9.17, 15) is 0 Å². The van der Waals surface area contributed by atoms with Crippen LogP contribution in [0.5, 0.6) is 0 Å². The molecule has 1 atom stereocenters. The van der Waals surface area contributed by atoms with Crippen LogP contribution in [0, 0.1) is 5.92 Å². The SMILES string of the molecule is CN(C)c1nccc(NCC2CCCNC2)n1. The van der Waals surface area contributed by atoms with Gasteiger partial charge in [0.15, 0.2) is 0 Å². The molecule has 1 saturated heterocycles. The van der Waals surface area contributed by atoms with Crippen LogP contribution in [0.4, 0.5) is 11.8 Å².